The van der Waals surface area contributed by atoms with Gasteiger partial charge in [-0.3, -0.25) is 5.43 Å². The van der Waals surface area contributed by atoms with Gasteiger partial charge in [0.25, 0.3) is 0 Å². The first-order valence-corrected chi connectivity index (χ1v) is 7.06. The molecule has 0 aliphatic rings. The van der Waals surface area contributed by atoms with Gasteiger partial charge < -0.3 is 5.32 Å². The molecular formula is C16H27N3. The van der Waals surface area contributed by atoms with E-state index < -0.39 is 0 Å². The molecule has 0 heterocycles. The summed E-state index contributed by atoms with van der Waals surface area (Å²) in [5.74, 6) is 0. The molecular weight excluding hydrogens is 234 g/mol. The van der Waals surface area contributed by atoms with Gasteiger partial charge >= 0.3 is 0 Å². The molecule has 0 saturated heterocycles. The fourth-order valence-corrected chi connectivity index (χ4v) is 2.09. The maximum atomic E-state index is 3.77. The van der Waals surface area contributed by atoms with E-state index in [4.69, 9.17) is 0 Å². The van der Waals surface area contributed by atoms with E-state index >= 15 is 0 Å². The maximum Gasteiger partial charge on any atom is 0.0256 e. The van der Waals surface area contributed by atoms with Crippen LogP contribution in [0.2, 0.25) is 0 Å². The smallest absolute Gasteiger partial charge is 0.0256 e. The number of hydrogen-bond acceptors (Lipinski definition) is 3. The summed E-state index contributed by atoms with van der Waals surface area (Å²) in [6.07, 6.45) is 2.94. The van der Waals surface area contributed by atoms with Crippen molar-refractivity contribution < 1.29 is 0 Å². The van der Waals surface area contributed by atoms with E-state index in [0.29, 0.717) is 6.04 Å². The van der Waals surface area contributed by atoms with Gasteiger partial charge in [0.1, 0.15) is 0 Å². The van der Waals surface area contributed by atoms with Gasteiger partial charge in [-0.05, 0) is 31.5 Å². The molecule has 1 rings (SSSR count). The lowest BCUT2D eigenvalue weighted by atomic mass is 10.1. The largest absolute Gasteiger partial charge is 0.313 e. The normalized spacial score (nSPS) is 12.6. The third-order valence-electron chi connectivity index (χ3n) is 3.33. The Hall–Kier alpha value is -1.16. The Morgan fingerprint density at radius 1 is 1.32 bits per heavy atom. The van der Waals surface area contributed by atoms with Gasteiger partial charge in [0, 0.05) is 25.7 Å². The zero-order chi connectivity index (χ0) is 14.1. The van der Waals surface area contributed by atoms with Gasteiger partial charge in [-0.15, -0.1) is 0 Å². The predicted octanol–water partition coefficient (Wildman–Crippen LogP) is 2.31. The Balaban J connectivity index is 2.29. The number of likely N-dealkylation sites (N-methyl/N-ethyl adjacent to an activating group) is 1. The van der Waals surface area contributed by atoms with Gasteiger partial charge in [0.15, 0.2) is 0 Å². The minimum absolute atomic E-state index is 0.491. The van der Waals surface area contributed by atoms with Crippen LogP contribution in [0.3, 0.4) is 0 Å². The van der Waals surface area contributed by atoms with Gasteiger partial charge in [0.05, 0.1) is 0 Å². The number of rotatable bonds is 9. The van der Waals surface area contributed by atoms with Gasteiger partial charge in [-0.2, -0.15) is 0 Å². The lowest BCUT2D eigenvalue weighted by molar-refractivity contribution is 0.217. The highest BCUT2D eigenvalue weighted by atomic mass is 15.5. The van der Waals surface area contributed by atoms with Gasteiger partial charge in [-0.25, -0.2) is 5.01 Å². The molecule has 0 fully saturated rings. The van der Waals surface area contributed by atoms with Gasteiger partial charge in [0.2, 0.25) is 0 Å². The molecule has 0 saturated carbocycles. The lowest BCUT2D eigenvalue weighted by Gasteiger charge is -2.21. The average molecular weight is 261 g/mol. The molecule has 19 heavy (non-hydrogen) atoms. The molecule has 1 aromatic carbocycles. The molecule has 0 aliphatic heterocycles. The van der Waals surface area contributed by atoms with Crippen LogP contribution in [0.5, 0.6) is 0 Å². The summed E-state index contributed by atoms with van der Waals surface area (Å²) in [6.45, 7) is 11.2. The molecule has 0 aromatic heterocycles. The van der Waals surface area contributed by atoms with Crippen molar-refractivity contribution in [2.75, 3.05) is 26.7 Å². The Morgan fingerprint density at radius 3 is 2.53 bits per heavy atom. The fourth-order valence-electron chi connectivity index (χ4n) is 2.09. The summed E-state index contributed by atoms with van der Waals surface area (Å²) >= 11 is 0. The van der Waals surface area contributed by atoms with Crippen molar-refractivity contribution in [2.45, 2.75) is 26.3 Å². The first-order valence-electron chi connectivity index (χ1n) is 7.06. The molecule has 0 radical (unpaired) electrons. The van der Waals surface area contributed by atoms with E-state index in [2.05, 4.69) is 60.4 Å². The molecule has 1 atom stereocenters. The van der Waals surface area contributed by atoms with E-state index in [9.17, 15) is 0 Å². The number of hydrazine groups is 1. The Kier molecular flexibility index (Phi) is 7.41. The van der Waals surface area contributed by atoms with E-state index in [1.54, 1.807) is 0 Å². The van der Waals surface area contributed by atoms with Crippen LogP contribution in [0.15, 0.2) is 30.8 Å². The molecule has 1 aromatic rings. The molecule has 0 spiro atoms. The number of nitrogens with zero attached hydrogens (tertiary/aromatic N) is 1. The van der Waals surface area contributed by atoms with Crippen LogP contribution in [0.1, 0.15) is 25.0 Å². The third-order valence-corrected chi connectivity index (χ3v) is 3.33. The molecule has 2 N–H and O–H groups in total. The predicted molar refractivity (Wildman–Crippen MR) is 84.0 cm³/mol. The highest BCUT2D eigenvalue weighted by molar-refractivity contribution is 5.47. The summed E-state index contributed by atoms with van der Waals surface area (Å²) in [5.41, 5.74) is 5.72. The van der Waals surface area contributed by atoms with Crippen molar-refractivity contribution in [2.24, 2.45) is 0 Å². The summed E-state index contributed by atoms with van der Waals surface area (Å²) in [5, 5.41) is 5.75. The zero-order valence-corrected chi connectivity index (χ0v) is 12.4. The molecule has 3 heteroatoms. The Labute approximate surface area is 117 Å². The quantitative estimate of drug-likeness (QED) is 0.668. The summed E-state index contributed by atoms with van der Waals surface area (Å²) < 4.78 is 0. The number of hydrogen-bond donors (Lipinski definition) is 2. The van der Waals surface area contributed by atoms with Crippen molar-refractivity contribution in [1.29, 1.82) is 0 Å². The lowest BCUT2D eigenvalue weighted by Crippen LogP contribution is -2.42. The van der Waals surface area contributed by atoms with E-state index in [1.807, 2.05) is 13.1 Å². The first-order chi connectivity index (χ1) is 9.19. The van der Waals surface area contributed by atoms with Crippen LogP contribution < -0.4 is 10.7 Å². The van der Waals surface area contributed by atoms with Crippen molar-refractivity contribution >= 4 is 6.08 Å². The van der Waals surface area contributed by atoms with Crippen LogP contribution in [0.25, 0.3) is 6.08 Å². The highest BCUT2D eigenvalue weighted by Gasteiger charge is 2.04. The van der Waals surface area contributed by atoms with E-state index in [0.717, 1.165) is 26.1 Å². The third kappa shape index (κ3) is 6.01. The molecule has 106 valence electrons. The summed E-state index contributed by atoms with van der Waals surface area (Å²) in [7, 11) is 1.97. The summed E-state index contributed by atoms with van der Waals surface area (Å²) in [6, 6.07) is 9.09. The van der Waals surface area contributed by atoms with E-state index in [1.165, 1.54) is 11.1 Å². The fraction of sp³-hybridized carbons (Fsp3) is 0.500. The minimum atomic E-state index is 0.491. The molecule has 3 nitrogen and oxygen atoms in total. The molecule has 0 aliphatic carbocycles. The van der Waals surface area contributed by atoms with Crippen LogP contribution in [0.4, 0.5) is 0 Å². The second-order valence-electron chi connectivity index (χ2n) is 4.81. The maximum absolute atomic E-state index is 3.77. The van der Waals surface area contributed by atoms with Crippen LogP contribution >= 0.6 is 0 Å². The second-order valence-corrected chi connectivity index (χ2v) is 4.81. The van der Waals surface area contributed by atoms with Crippen molar-refractivity contribution in [3.8, 4) is 0 Å². The zero-order valence-electron chi connectivity index (χ0n) is 12.4. The van der Waals surface area contributed by atoms with Crippen molar-refractivity contribution in [1.82, 2.24) is 15.8 Å². The Bertz CT molecular complexity index is 355. The van der Waals surface area contributed by atoms with Gasteiger partial charge in [-0.1, -0.05) is 43.8 Å². The van der Waals surface area contributed by atoms with Crippen LogP contribution in [-0.4, -0.2) is 37.7 Å². The number of nitrogens with one attached hydrogen (secondary N) is 2. The summed E-state index contributed by atoms with van der Waals surface area (Å²) in [4.78, 5) is 0. The molecule has 0 bridgehead atoms. The molecule has 1 unspecified atom stereocenters. The minimum Gasteiger partial charge on any atom is -0.313 e. The second kappa shape index (κ2) is 8.86. The Morgan fingerprint density at radius 2 is 2.00 bits per heavy atom. The monoisotopic (exact) mass is 261 g/mol. The highest BCUT2D eigenvalue weighted by Crippen LogP contribution is 2.07. The van der Waals surface area contributed by atoms with Crippen molar-refractivity contribution in [3.05, 3.63) is 42.0 Å². The SMILES string of the molecule is C=Cc1ccc(CC(C)NCCN(CC)NC)cc1. The topological polar surface area (TPSA) is 27.3 Å². The van der Waals surface area contributed by atoms with Crippen LogP contribution in [0, 0.1) is 0 Å². The van der Waals surface area contributed by atoms with Crippen LogP contribution in [-0.2, 0) is 6.42 Å². The average Bonchev–Trinajstić information content (AvgIpc) is 2.44. The number of benzene rings is 1. The van der Waals surface area contributed by atoms with E-state index in [-0.39, 0.29) is 0 Å². The van der Waals surface area contributed by atoms with Crippen molar-refractivity contribution in [3.63, 3.8) is 0 Å². The molecule has 0 amide bonds. The standard InChI is InChI=1S/C16H27N3/c1-5-15-7-9-16(10-8-15)13-14(3)18-11-12-19(6-2)17-4/h5,7-10,14,17-18H,1,6,11-13H2,2-4H3. The first kappa shape index (κ1) is 15.9.